The van der Waals surface area contributed by atoms with Gasteiger partial charge in [-0.15, -0.1) is 0 Å². The number of sulfone groups is 1. The molecule has 0 aliphatic rings. The number of hydrogen-bond donors (Lipinski definition) is 0. The highest BCUT2D eigenvalue weighted by Crippen LogP contribution is 2.22. The lowest BCUT2D eigenvalue weighted by molar-refractivity contribution is -0.117. The van der Waals surface area contributed by atoms with Gasteiger partial charge in [-0.1, -0.05) is 23.5 Å². The van der Waals surface area contributed by atoms with E-state index in [0.717, 1.165) is 28.6 Å². The minimum Gasteiger partial charge on any atom is -0.317 e. The Morgan fingerprint density at radius 1 is 1.11 bits per heavy atom. The summed E-state index contributed by atoms with van der Waals surface area (Å²) in [6.07, 6.45) is 1.30. The van der Waals surface area contributed by atoms with Gasteiger partial charge in [0, 0.05) is 12.8 Å². The largest absolute Gasteiger partial charge is 0.317 e. The first kappa shape index (κ1) is 19.5. The monoisotopic (exact) mass is 402 g/mol. The fourth-order valence-electron chi connectivity index (χ4n) is 2.89. The van der Waals surface area contributed by atoms with Crippen LogP contribution < -0.4 is 4.80 Å². The molecule has 3 rings (SSSR count). The standard InChI is InChI=1S/C20H22N2O3S2/c1-5-22-17-10-13(2)14(3)11-18(17)26-20(22)21-19(23)12-15-6-8-16(9-7-15)27(4,24)25/h6-11H,5,12H2,1-4H3. The molecule has 1 heterocycles. The van der Waals surface area contributed by atoms with Crippen molar-refractivity contribution in [1.82, 2.24) is 4.57 Å². The summed E-state index contributed by atoms with van der Waals surface area (Å²) < 4.78 is 26.2. The van der Waals surface area contributed by atoms with Gasteiger partial charge in [-0.25, -0.2) is 8.42 Å². The minimum atomic E-state index is -3.24. The molecule has 0 bridgehead atoms. The number of carbonyl (C=O) groups is 1. The summed E-state index contributed by atoms with van der Waals surface area (Å²) >= 11 is 1.51. The smallest absolute Gasteiger partial charge is 0.252 e. The van der Waals surface area contributed by atoms with Gasteiger partial charge in [0.25, 0.3) is 5.91 Å². The zero-order valence-electron chi connectivity index (χ0n) is 15.8. The number of benzene rings is 2. The first-order valence-corrected chi connectivity index (χ1v) is 11.4. The number of carbonyl (C=O) groups excluding carboxylic acids is 1. The number of hydrogen-bond acceptors (Lipinski definition) is 4. The number of fused-ring (bicyclic) bond motifs is 1. The van der Waals surface area contributed by atoms with E-state index in [-0.39, 0.29) is 17.2 Å². The third-order valence-corrected chi connectivity index (χ3v) is 6.71. The molecule has 0 spiro atoms. The molecular weight excluding hydrogens is 380 g/mol. The quantitative estimate of drug-likeness (QED) is 0.671. The number of amides is 1. The van der Waals surface area contributed by atoms with Crippen LogP contribution in [0.4, 0.5) is 0 Å². The maximum atomic E-state index is 12.5. The van der Waals surface area contributed by atoms with Crippen LogP contribution >= 0.6 is 11.3 Å². The second kappa shape index (κ2) is 7.40. The molecule has 3 aromatic rings. The maximum absolute atomic E-state index is 12.5. The molecule has 0 saturated carbocycles. The van der Waals surface area contributed by atoms with Crippen molar-refractivity contribution in [2.75, 3.05) is 6.26 Å². The van der Waals surface area contributed by atoms with Crippen molar-refractivity contribution in [3.63, 3.8) is 0 Å². The molecule has 7 heteroatoms. The van der Waals surface area contributed by atoms with Gasteiger partial charge < -0.3 is 4.57 Å². The van der Waals surface area contributed by atoms with Gasteiger partial charge in [0.2, 0.25) is 0 Å². The SMILES string of the molecule is CCn1c(=NC(=O)Cc2ccc(S(C)(=O)=O)cc2)sc2cc(C)c(C)cc21. The van der Waals surface area contributed by atoms with Crippen LogP contribution in [0.25, 0.3) is 10.2 Å². The minimum absolute atomic E-state index is 0.139. The van der Waals surface area contributed by atoms with Gasteiger partial charge in [0.05, 0.1) is 21.5 Å². The number of aromatic nitrogens is 1. The predicted molar refractivity (Wildman–Crippen MR) is 109 cm³/mol. The van der Waals surface area contributed by atoms with Gasteiger partial charge in [-0.05, 0) is 61.7 Å². The number of nitrogens with zero attached hydrogens (tertiary/aromatic N) is 2. The Morgan fingerprint density at radius 2 is 1.74 bits per heavy atom. The van der Waals surface area contributed by atoms with Crippen LogP contribution in [0, 0.1) is 13.8 Å². The molecule has 0 atom stereocenters. The van der Waals surface area contributed by atoms with Crippen molar-refractivity contribution in [2.24, 2.45) is 4.99 Å². The summed E-state index contributed by atoms with van der Waals surface area (Å²) in [5.41, 5.74) is 4.27. The van der Waals surface area contributed by atoms with Crippen molar-refractivity contribution >= 4 is 37.3 Å². The van der Waals surface area contributed by atoms with Crippen LogP contribution in [0.3, 0.4) is 0 Å². The summed E-state index contributed by atoms with van der Waals surface area (Å²) in [4.78, 5) is 17.7. The van der Waals surface area contributed by atoms with Crippen LogP contribution in [0.15, 0.2) is 46.3 Å². The predicted octanol–water partition coefficient (Wildman–Crippen LogP) is 3.41. The van der Waals surface area contributed by atoms with Crippen LogP contribution in [-0.2, 0) is 27.6 Å². The third-order valence-electron chi connectivity index (χ3n) is 4.54. The van der Waals surface area contributed by atoms with Crippen LogP contribution in [0.2, 0.25) is 0 Å². The zero-order chi connectivity index (χ0) is 19.8. The molecule has 0 aliphatic carbocycles. The summed E-state index contributed by atoms with van der Waals surface area (Å²) in [7, 11) is -3.24. The average molecular weight is 403 g/mol. The highest BCUT2D eigenvalue weighted by molar-refractivity contribution is 7.90. The summed E-state index contributed by atoms with van der Waals surface area (Å²) in [6.45, 7) is 6.92. The summed E-state index contributed by atoms with van der Waals surface area (Å²) in [5.74, 6) is -0.246. The summed E-state index contributed by atoms with van der Waals surface area (Å²) in [5, 5.41) is 0. The fraction of sp³-hybridized carbons (Fsp3) is 0.300. The fourth-order valence-corrected chi connectivity index (χ4v) is 4.71. The molecule has 0 radical (unpaired) electrons. The molecule has 27 heavy (non-hydrogen) atoms. The van der Waals surface area contributed by atoms with Crippen LogP contribution in [0.1, 0.15) is 23.6 Å². The molecule has 5 nitrogen and oxygen atoms in total. The highest BCUT2D eigenvalue weighted by atomic mass is 32.2. The van der Waals surface area contributed by atoms with E-state index in [2.05, 4.69) is 35.5 Å². The number of aryl methyl sites for hydroxylation is 3. The van der Waals surface area contributed by atoms with Gasteiger partial charge in [0.1, 0.15) is 0 Å². The molecule has 1 amide bonds. The Balaban J connectivity index is 1.93. The number of rotatable bonds is 4. The second-order valence-corrected chi connectivity index (χ2v) is 9.66. The molecule has 142 valence electrons. The topological polar surface area (TPSA) is 68.5 Å². The van der Waals surface area contributed by atoms with E-state index < -0.39 is 9.84 Å². The highest BCUT2D eigenvalue weighted by Gasteiger charge is 2.10. The van der Waals surface area contributed by atoms with Crippen LogP contribution in [0.5, 0.6) is 0 Å². The zero-order valence-corrected chi connectivity index (χ0v) is 17.4. The van der Waals surface area contributed by atoms with E-state index in [1.54, 1.807) is 12.1 Å². The van der Waals surface area contributed by atoms with Crippen molar-refractivity contribution in [3.05, 3.63) is 57.9 Å². The first-order chi connectivity index (χ1) is 12.7. The lowest BCUT2D eigenvalue weighted by atomic mass is 10.1. The van der Waals surface area contributed by atoms with Crippen LogP contribution in [-0.4, -0.2) is 25.1 Å². The Bertz CT molecular complexity index is 1180. The van der Waals surface area contributed by atoms with E-state index in [0.29, 0.717) is 4.80 Å². The molecular formula is C20H22N2O3S2. The lowest BCUT2D eigenvalue weighted by Crippen LogP contribution is -2.16. The molecule has 0 aliphatic heterocycles. The van der Waals surface area contributed by atoms with E-state index >= 15 is 0 Å². The Kier molecular flexibility index (Phi) is 5.35. The third kappa shape index (κ3) is 4.20. The van der Waals surface area contributed by atoms with Gasteiger partial charge in [-0.3, -0.25) is 4.79 Å². The first-order valence-electron chi connectivity index (χ1n) is 8.66. The Labute approximate surface area is 162 Å². The van der Waals surface area contributed by atoms with E-state index in [4.69, 9.17) is 0 Å². The van der Waals surface area contributed by atoms with E-state index in [9.17, 15) is 13.2 Å². The van der Waals surface area contributed by atoms with Crippen molar-refractivity contribution in [2.45, 2.75) is 38.6 Å². The Morgan fingerprint density at radius 3 is 2.33 bits per heavy atom. The number of thiazole rings is 1. The van der Waals surface area contributed by atoms with Crippen molar-refractivity contribution in [1.29, 1.82) is 0 Å². The van der Waals surface area contributed by atoms with E-state index in [1.807, 2.05) is 6.92 Å². The maximum Gasteiger partial charge on any atom is 0.252 e. The molecule has 2 aromatic carbocycles. The lowest BCUT2D eigenvalue weighted by Gasteiger charge is -2.03. The summed E-state index contributed by atoms with van der Waals surface area (Å²) in [6, 6.07) is 10.6. The molecule has 0 saturated heterocycles. The molecule has 1 aromatic heterocycles. The van der Waals surface area contributed by atoms with Gasteiger partial charge >= 0.3 is 0 Å². The van der Waals surface area contributed by atoms with Crippen molar-refractivity contribution in [3.8, 4) is 0 Å². The van der Waals surface area contributed by atoms with Gasteiger partial charge in [-0.2, -0.15) is 4.99 Å². The second-order valence-electron chi connectivity index (χ2n) is 6.63. The van der Waals surface area contributed by atoms with Gasteiger partial charge in [0.15, 0.2) is 14.6 Å². The normalized spacial score (nSPS) is 12.7. The Hall–Kier alpha value is -2.25. The molecule has 0 fully saturated rings. The molecule has 0 unspecified atom stereocenters. The molecule has 0 N–H and O–H groups in total. The van der Waals surface area contributed by atoms with E-state index in [1.165, 1.54) is 34.6 Å². The van der Waals surface area contributed by atoms with Crippen molar-refractivity contribution < 1.29 is 13.2 Å². The average Bonchev–Trinajstić information content (AvgIpc) is 2.90.